The van der Waals surface area contributed by atoms with Gasteiger partial charge in [0.2, 0.25) is 5.91 Å². The molecular formula is C12H18N2O2. The van der Waals surface area contributed by atoms with Gasteiger partial charge in [-0.3, -0.25) is 4.79 Å². The molecule has 1 aromatic rings. The number of carbonyl (C=O) groups excluding carboxylic acids is 1. The van der Waals surface area contributed by atoms with Crippen LogP contribution in [0.5, 0.6) is 0 Å². The molecule has 1 amide bonds. The third-order valence-electron chi connectivity index (χ3n) is 3.23. The normalized spacial score (nSPS) is 21.2. The van der Waals surface area contributed by atoms with E-state index in [1.165, 1.54) is 0 Å². The van der Waals surface area contributed by atoms with Crippen molar-refractivity contribution >= 4 is 5.91 Å². The lowest BCUT2D eigenvalue weighted by molar-refractivity contribution is -0.127. The molecule has 1 aliphatic carbocycles. The summed E-state index contributed by atoms with van der Waals surface area (Å²) in [6.45, 7) is 3.69. The van der Waals surface area contributed by atoms with Crippen molar-refractivity contribution in [1.29, 1.82) is 0 Å². The van der Waals surface area contributed by atoms with E-state index in [0.29, 0.717) is 5.92 Å². The van der Waals surface area contributed by atoms with Crippen molar-refractivity contribution in [2.45, 2.75) is 38.3 Å². The molecule has 1 heterocycles. The molecule has 16 heavy (non-hydrogen) atoms. The van der Waals surface area contributed by atoms with Crippen molar-refractivity contribution in [3.05, 3.63) is 24.2 Å². The lowest BCUT2D eigenvalue weighted by Crippen LogP contribution is -2.53. The molecule has 1 aliphatic rings. The van der Waals surface area contributed by atoms with Crippen molar-refractivity contribution in [2.24, 2.45) is 11.7 Å². The monoisotopic (exact) mass is 222 g/mol. The maximum absolute atomic E-state index is 12.0. The van der Waals surface area contributed by atoms with Crippen molar-refractivity contribution < 1.29 is 9.21 Å². The van der Waals surface area contributed by atoms with Crippen LogP contribution in [0.1, 0.15) is 38.5 Å². The molecule has 3 N–H and O–H groups in total. The molecule has 0 bridgehead atoms. The largest absolute Gasteiger partial charge is 0.467 e. The van der Waals surface area contributed by atoms with E-state index in [1.807, 2.05) is 13.0 Å². The highest BCUT2D eigenvalue weighted by molar-refractivity contribution is 5.86. The first kappa shape index (κ1) is 11.2. The zero-order chi connectivity index (χ0) is 11.8. The Kier molecular flexibility index (Phi) is 2.76. The second kappa shape index (κ2) is 3.94. The predicted molar refractivity (Wildman–Crippen MR) is 60.6 cm³/mol. The van der Waals surface area contributed by atoms with Crippen molar-refractivity contribution in [2.75, 3.05) is 0 Å². The van der Waals surface area contributed by atoms with E-state index in [-0.39, 0.29) is 11.9 Å². The molecule has 1 saturated carbocycles. The van der Waals surface area contributed by atoms with Crippen molar-refractivity contribution in [3.8, 4) is 0 Å². The van der Waals surface area contributed by atoms with Gasteiger partial charge in [-0.25, -0.2) is 0 Å². The van der Waals surface area contributed by atoms with E-state index in [4.69, 9.17) is 10.2 Å². The molecule has 88 valence electrons. The van der Waals surface area contributed by atoms with Crippen LogP contribution in [0.2, 0.25) is 0 Å². The van der Waals surface area contributed by atoms with Gasteiger partial charge in [0, 0.05) is 0 Å². The van der Waals surface area contributed by atoms with Gasteiger partial charge in [-0.1, -0.05) is 0 Å². The summed E-state index contributed by atoms with van der Waals surface area (Å²) in [6.07, 6.45) is 3.70. The number of hydrogen-bond acceptors (Lipinski definition) is 3. The number of carbonyl (C=O) groups is 1. The predicted octanol–water partition coefficient (Wildman–Crippen LogP) is 1.58. The van der Waals surface area contributed by atoms with Crippen LogP contribution in [0.4, 0.5) is 0 Å². The summed E-state index contributed by atoms with van der Waals surface area (Å²) in [5, 5.41) is 2.89. The van der Waals surface area contributed by atoms with E-state index >= 15 is 0 Å². The highest BCUT2D eigenvalue weighted by atomic mass is 16.3. The Morgan fingerprint density at radius 3 is 2.88 bits per heavy atom. The van der Waals surface area contributed by atoms with E-state index in [1.54, 1.807) is 19.3 Å². The van der Waals surface area contributed by atoms with E-state index < -0.39 is 5.54 Å². The molecule has 2 rings (SSSR count). The van der Waals surface area contributed by atoms with E-state index in [2.05, 4.69) is 5.32 Å². The number of amides is 1. The van der Waals surface area contributed by atoms with Crippen molar-refractivity contribution in [1.82, 2.24) is 5.32 Å². The molecule has 4 heteroatoms. The zero-order valence-corrected chi connectivity index (χ0v) is 9.69. The topological polar surface area (TPSA) is 68.3 Å². The van der Waals surface area contributed by atoms with Crippen LogP contribution in [0.3, 0.4) is 0 Å². The first-order valence-electron chi connectivity index (χ1n) is 5.65. The molecular weight excluding hydrogens is 204 g/mol. The number of furan rings is 1. The quantitative estimate of drug-likeness (QED) is 0.812. The summed E-state index contributed by atoms with van der Waals surface area (Å²) >= 11 is 0. The highest BCUT2D eigenvalue weighted by Gasteiger charge is 2.44. The second-order valence-corrected chi connectivity index (χ2v) is 4.77. The van der Waals surface area contributed by atoms with Crippen LogP contribution in [0, 0.1) is 5.92 Å². The molecule has 2 atom stereocenters. The zero-order valence-electron chi connectivity index (χ0n) is 9.69. The molecule has 0 aliphatic heterocycles. The molecule has 1 fully saturated rings. The Balaban J connectivity index is 1.97. The van der Waals surface area contributed by atoms with Crippen LogP contribution >= 0.6 is 0 Å². The molecule has 0 saturated heterocycles. The summed E-state index contributed by atoms with van der Waals surface area (Å²) in [5.41, 5.74) is 5.28. The van der Waals surface area contributed by atoms with Gasteiger partial charge in [0.25, 0.3) is 0 Å². The third-order valence-corrected chi connectivity index (χ3v) is 3.23. The van der Waals surface area contributed by atoms with Crippen molar-refractivity contribution in [3.63, 3.8) is 0 Å². The SMILES string of the molecule is C[C@H](NC(=O)C(C)(N)C1CC1)c1ccco1. The number of hydrogen-bond donors (Lipinski definition) is 2. The number of nitrogens with two attached hydrogens (primary N) is 1. The van der Waals surface area contributed by atoms with Gasteiger partial charge in [0.15, 0.2) is 0 Å². The molecule has 0 radical (unpaired) electrons. The third kappa shape index (κ3) is 2.11. The minimum Gasteiger partial charge on any atom is -0.467 e. The number of nitrogens with one attached hydrogen (secondary N) is 1. The van der Waals surface area contributed by atoms with Crippen LogP contribution in [-0.2, 0) is 4.79 Å². The summed E-state index contributed by atoms with van der Waals surface area (Å²) in [7, 11) is 0. The highest BCUT2D eigenvalue weighted by Crippen LogP contribution is 2.38. The number of rotatable bonds is 4. The summed E-state index contributed by atoms with van der Waals surface area (Å²) in [6, 6.07) is 3.51. The van der Waals surface area contributed by atoms with Gasteiger partial charge < -0.3 is 15.5 Å². The standard InChI is InChI=1S/C12H18N2O2/c1-8(10-4-3-7-16-10)14-11(15)12(2,13)9-5-6-9/h3-4,7-9H,5-6,13H2,1-2H3,(H,14,15)/t8-,12?/m0/s1. The lowest BCUT2D eigenvalue weighted by Gasteiger charge is -2.25. The fourth-order valence-corrected chi connectivity index (χ4v) is 1.83. The Hall–Kier alpha value is -1.29. The van der Waals surface area contributed by atoms with Crippen LogP contribution in [0.15, 0.2) is 22.8 Å². The molecule has 4 nitrogen and oxygen atoms in total. The molecule has 0 spiro atoms. The van der Waals surface area contributed by atoms with Crippen LogP contribution in [0.25, 0.3) is 0 Å². The minimum absolute atomic E-state index is 0.0982. The Bertz CT molecular complexity index is 366. The Labute approximate surface area is 95.2 Å². The Morgan fingerprint density at radius 1 is 1.69 bits per heavy atom. The maximum Gasteiger partial charge on any atom is 0.240 e. The van der Waals surface area contributed by atoms with Gasteiger partial charge in [0.1, 0.15) is 5.76 Å². The average molecular weight is 222 g/mol. The fraction of sp³-hybridized carbons (Fsp3) is 0.583. The summed E-state index contributed by atoms with van der Waals surface area (Å²) < 4.78 is 5.23. The Morgan fingerprint density at radius 2 is 2.38 bits per heavy atom. The van der Waals surface area contributed by atoms with Gasteiger partial charge in [0.05, 0.1) is 17.8 Å². The summed E-state index contributed by atoms with van der Waals surface area (Å²) in [4.78, 5) is 12.0. The van der Waals surface area contributed by atoms with E-state index in [9.17, 15) is 4.79 Å². The minimum atomic E-state index is -0.749. The van der Waals surface area contributed by atoms with Gasteiger partial charge in [-0.05, 0) is 44.7 Å². The first-order valence-corrected chi connectivity index (χ1v) is 5.65. The van der Waals surface area contributed by atoms with Gasteiger partial charge >= 0.3 is 0 Å². The molecule has 1 unspecified atom stereocenters. The van der Waals surface area contributed by atoms with Crippen LogP contribution < -0.4 is 11.1 Å². The van der Waals surface area contributed by atoms with Crippen LogP contribution in [-0.4, -0.2) is 11.4 Å². The van der Waals surface area contributed by atoms with E-state index in [0.717, 1.165) is 18.6 Å². The molecule has 0 aromatic carbocycles. The van der Waals surface area contributed by atoms with Gasteiger partial charge in [-0.15, -0.1) is 0 Å². The second-order valence-electron chi connectivity index (χ2n) is 4.77. The fourth-order valence-electron chi connectivity index (χ4n) is 1.83. The van der Waals surface area contributed by atoms with Gasteiger partial charge in [-0.2, -0.15) is 0 Å². The average Bonchev–Trinajstić information content (AvgIpc) is 2.95. The first-order chi connectivity index (χ1) is 7.51. The molecule has 1 aromatic heterocycles. The maximum atomic E-state index is 12.0. The smallest absolute Gasteiger partial charge is 0.240 e. The summed E-state index contributed by atoms with van der Waals surface area (Å²) in [5.74, 6) is 0.982. The lowest BCUT2D eigenvalue weighted by atomic mass is 9.96.